The van der Waals surface area contributed by atoms with Gasteiger partial charge in [-0.25, -0.2) is 4.79 Å². The van der Waals surface area contributed by atoms with Crippen molar-refractivity contribution in [2.75, 3.05) is 46.1 Å². The molecule has 6 aliphatic rings. The molecule has 1 saturated heterocycles. The summed E-state index contributed by atoms with van der Waals surface area (Å²) in [5.74, 6) is 0.272. The van der Waals surface area contributed by atoms with E-state index in [1.54, 1.807) is 12.1 Å². The molecule has 1 aromatic rings. The van der Waals surface area contributed by atoms with Gasteiger partial charge in [0.1, 0.15) is 0 Å². The number of benzene rings is 1. The zero-order chi connectivity index (χ0) is 35.7. The van der Waals surface area contributed by atoms with Crippen LogP contribution in [0.1, 0.15) is 108 Å². The van der Waals surface area contributed by atoms with E-state index < -0.39 is 17.4 Å². The number of morpholine rings is 1. The lowest BCUT2D eigenvalue weighted by Gasteiger charge is -2.72. The summed E-state index contributed by atoms with van der Waals surface area (Å²) < 4.78 is 11.7. The largest absolute Gasteiger partial charge is 0.481 e. The van der Waals surface area contributed by atoms with Crippen molar-refractivity contribution >= 4 is 17.5 Å². The van der Waals surface area contributed by atoms with Crippen LogP contribution in [0.4, 0.5) is 0 Å². The molecule has 7 rings (SSSR count). The molecular weight excluding hydrogens is 626 g/mol. The first-order valence-electron chi connectivity index (χ1n) is 19.5. The number of nitrogens with zero attached hydrogens (tertiary/aromatic N) is 1. The van der Waals surface area contributed by atoms with Gasteiger partial charge in [0.15, 0.2) is 0 Å². The van der Waals surface area contributed by atoms with E-state index in [0.29, 0.717) is 36.5 Å². The van der Waals surface area contributed by atoms with Crippen LogP contribution in [0.15, 0.2) is 42.5 Å². The average molecular weight is 688 g/mol. The number of carbonyl (C=O) groups is 2. The molecule has 5 aliphatic carbocycles. The maximum Gasteiger partial charge on any atom is 0.335 e. The minimum absolute atomic E-state index is 0.0437. The fraction of sp³-hybridized carbons (Fsp3) is 0.721. The van der Waals surface area contributed by atoms with Gasteiger partial charge in [0.2, 0.25) is 0 Å². The number of allylic oxidation sites excluding steroid dienone is 2. The third-order valence-corrected chi connectivity index (χ3v) is 16.3. The molecular formula is C43H61NO6. The maximum absolute atomic E-state index is 13.3. The van der Waals surface area contributed by atoms with Crippen LogP contribution in [0.2, 0.25) is 0 Å². The second-order valence-electron chi connectivity index (χ2n) is 18.4. The topological polar surface area (TPSA) is 96.3 Å². The molecule has 274 valence electrons. The fourth-order valence-corrected chi connectivity index (χ4v) is 13.6. The molecule has 0 amide bonds. The molecule has 1 aliphatic heterocycles. The van der Waals surface area contributed by atoms with Crippen molar-refractivity contribution in [3.63, 3.8) is 0 Å². The Bertz CT molecular complexity index is 1530. The number of fused-ring (bicyclic) bond motifs is 7. The van der Waals surface area contributed by atoms with Gasteiger partial charge >= 0.3 is 11.9 Å². The Morgan fingerprint density at radius 3 is 2.30 bits per heavy atom. The normalized spacial score (nSPS) is 40.8. The summed E-state index contributed by atoms with van der Waals surface area (Å²) >= 11 is 0. The molecule has 0 spiro atoms. The first kappa shape index (κ1) is 35.9. The van der Waals surface area contributed by atoms with Crippen LogP contribution in [-0.4, -0.2) is 73.1 Å². The molecule has 5 fully saturated rings. The smallest absolute Gasteiger partial charge is 0.335 e. The number of hydrogen-bond acceptors (Lipinski definition) is 5. The number of hydrogen-bond donors (Lipinski definition) is 2. The highest BCUT2D eigenvalue weighted by molar-refractivity contribution is 5.88. The second kappa shape index (κ2) is 12.9. The van der Waals surface area contributed by atoms with Gasteiger partial charge in [-0.15, -0.1) is 0 Å². The lowest BCUT2D eigenvalue weighted by molar-refractivity contribution is -0.228. The Balaban J connectivity index is 1.13. The van der Waals surface area contributed by atoms with Gasteiger partial charge in [0.05, 0.1) is 37.4 Å². The number of aromatic carboxylic acids is 1. The van der Waals surface area contributed by atoms with Crippen LogP contribution >= 0.6 is 0 Å². The fourth-order valence-electron chi connectivity index (χ4n) is 13.6. The maximum atomic E-state index is 13.3. The summed E-state index contributed by atoms with van der Waals surface area (Å²) in [5.41, 5.74) is 3.56. The van der Waals surface area contributed by atoms with Crippen LogP contribution in [0.5, 0.6) is 0 Å². The van der Waals surface area contributed by atoms with Gasteiger partial charge in [0.25, 0.3) is 0 Å². The molecule has 0 radical (unpaired) electrons. The minimum Gasteiger partial charge on any atom is -0.481 e. The van der Waals surface area contributed by atoms with Crippen molar-refractivity contribution in [1.29, 1.82) is 0 Å². The lowest BCUT2D eigenvalue weighted by atomic mass is 9.32. The van der Waals surface area contributed by atoms with E-state index >= 15 is 0 Å². The second-order valence-corrected chi connectivity index (χ2v) is 18.4. The number of ether oxygens (including phenoxy) is 2. The van der Waals surface area contributed by atoms with Crippen molar-refractivity contribution in [3.8, 4) is 0 Å². The van der Waals surface area contributed by atoms with Crippen LogP contribution in [0.3, 0.4) is 0 Å². The molecule has 1 aromatic carbocycles. The van der Waals surface area contributed by atoms with Crippen LogP contribution in [0.25, 0.3) is 5.57 Å². The number of carboxylic acids is 2. The Hall–Kier alpha value is -2.48. The van der Waals surface area contributed by atoms with Gasteiger partial charge < -0.3 is 19.7 Å². The van der Waals surface area contributed by atoms with E-state index in [2.05, 4.69) is 52.2 Å². The molecule has 0 bridgehead atoms. The average Bonchev–Trinajstić information content (AvgIpc) is 3.49. The summed E-state index contributed by atoms with van der Waals surface area (Å²) in [6, 6.07) is 7.48. The van der Waals surface area contributed by atoms with Gasteiger partial charge in [0, 0.05) is 19.6 Å². The Morgan fingerprint density at radius 2 is 1.62 bits per heavy atom. The number of aliphatic carboxylic acids is 1. The van der Waals surface area contributed by atoms with E-state index in [0.717, 1.165) is 95.4 Å². The summed E-state index contributed by atoms with van der Waals surface area (Å²) in [7, 11) is 0. The molecule has 9 unspecified atom stereocenters. The van der Waals surface area contributed by atoms with Gasteiger partial charge in [-0.05, 0) is 138 Å². The zero-order valence-electron chi connectivity index (χ0n) is 31.3. The predicted octanol–water partition coefficient (Wildman–Crippen LogP) is 8.45. The number of carboxylic acid groups (broad SMARTS) is 2. The van der Waals surface area contributed by atoms with Crippen molar-refractivity contribution in [2.24, 2.45) is 56.7 Å². The predicted molar refractivity (Wildman–Crippen MR) is 196 cm³/mol. The molecule has 50 heavy (non-hydrogen) atoms. The highest BCUT2D eigenvalue weighted by Crippen LogP contribution is 2.77. The Labute approximate surface area is 299 Å². The quantitative estimate of drug-likeness (QED) is 0.199. The minimum atomic E-state index is -0.888. The summed E-state index contributed by atoms with van der Waals surface area (Å²) in [6.45, 7) is 22.7. The third-order valence-electron chi connectivity index (χ3n) is 16.3. The van der Waals surface area contributed by atoms with Crippen molar-refractivity contribution in [1.82, 2.24) is 4.90 Å². The third kappa shape index (κ3) is 5.38. The first-order chi connectivity index (χ1) is 23.7. The van der Waals surface area contributed by atoms with Gasteiger partial charge in [-0.3, -0.25) is 9.69 Å². The Kier molecular flexibility index (Phi) is 9.25. The highest BCUT2D eigenvalue weighted by atomic mass is 16.5. The molecule has 9 atom stereocenters. The van der Waals surface area contributed by atoms with Crippen LogP contribution < -0.4 is 0 Å². The molecule has 1 heterocycles. The van der Waals surface area contributed by atoms with E-state index in [9.17, 15) is 19.8 Å². The van der Waals surface area contributed by atoms with Gasteiger partial charge in [-0.2, -0.15) is 0 Å². The van der Waals surface area contributed by atoms with Gasteiger partial charge in [-0.1, -0.05) is 59.4 Å². The summed E-state index contributed by atoms with van der Waals surface area (Å²) in [5, 5.41) is 20.4. The standard InChI is InChI=1S/C43H61NO6/c1-28(27-50-26-23-44-21-24-49-25-22-44)31-13-18-43(38(47)48)20-19-41(5)33(36(31)43)11-12-35-40(4)16-14-32(29-7-9-30(10-8-29)37(45)46)39(2,3)34(40)15-17-42(35,41)6/h7-10,14,31,33-36H,1,11-13,15-27H2,2-6H3,(H,45,46)(H,47,48). The van der Waals surface area contributed by atoms with Crippen molar-refractivity contribution in [2.45, 2.75) is 92.4 Å². The van der Waals surface area contributed by atoms with Crippen LogP contribution in [-0.2, 0) is 14.3 Å². The van der Waals surface area contributed by atoms with E-state index in [1.165, 1.54) is 12.0 Å². The Morgan fingerprint density at radius 1 is 0.900 bits per heavy atom. The molecule has 7 heteroatoms. The van der Waals surface area contributed by atoms with Crippen LogP contribution in [0, 0.1) is 56.7 Å². The first-order valence-corrected chi connectivity index (χ1v) is 19.5. The van der Waals surface area contributed by atoms with E-state index in [4.69, 9.17) is 9.47 Å². The lowest BCUT2D eigenvalue weighted by Crippen LogP contribution is -2.66. The van der Waals surface area contributed by atoms with E-state index in [-0.39, 0.29) is 33.5 Å². The molecule has 2 N–H and O–H groups in total. The van der Waals surface area contributed by atoms with Crippen molar-refractivity contribution < 1.29 is 29.3 Å². The van der Waals surface area contributed by atoms with Crippen molar-refractivity contribution in [3.05, 3.63) is 53.6 Å². The SMILES string of the molecule is C=C(COCCN1CCOCC1)C1CCC2(C(=O)O)CCC3(C)C(CCC4C5(C)CC=C(c6ccc(C(=O)O)cc6)C(C)(C)C5CCC43C)C12. The highest BCUT2D eigenvalue weighted by Gasteiger charge is 2.71. The molecule has 4 saturated carbocycles. The zero-order valence-corrected chi connectivity index (χ0v) is 31.3. The summed E-state index contributed by atoms with van der Waals surface area (Å²) in [4.78, 5) is 27.2. The molecule has 7 nitrogen and oxygen atoms in total. The molecule has 0 aromatic heterocycles. The monoisotopic (exact) mass is 687 g/mol. The number of rotatable bonds is 9. The summed E-state index contributed by atoms with van der Waals surface area (Å²) in [6.07, 6.45) is 11.5. The van der Waals surface area contributed by atoms with E-state index in [1.807, 2.05) is 12.1 Å².